The molecule has 1 aromatic carbocycles. The first-order valence-corrected chi connectivity index (χ1v) is 6.45. The van der Waals surface area contributed by atoms with Gasteiger partial charge in [0.15, 0.2) is 0 Å². The Morgan fingerprint density at radius 3 is 2.53 bits per heavy atom. The molecule has 0 amide bonds. The minimum atomic E-state index is 0.208. The molecule has 0 saturated carbocycles. The van der Waals surface area contributed by atoms with Crippen LogP contribution in [-0.4, -0.2) is 17.0 Å². The number of hydrogen-bond acceptors (Lipinski definition) is 4. The van der Waals surface area contributed by atoms with Crippen LogP contribution in [0.3, 0.4) is 0 Å². The summed E-state index contributed by atoms with van der Waals surface area (Å²) >= 11 is 0. The van der Waals surface area contributed by atoms with Crippen LogP contribution in [0.5, 0.6) is 0 Å². The molecule has 4 nitrogen and oxygen atoms in total. The largest absolute Gasteiger partial charge is 0.363 e. The summed E-state index contributed by atoms with van der Waals surface area (Å²) in [5.41, 5.74) is 3.61. The van der Waals surface area contributed by atoms with Crippen LogP contribution >= 0.6 is 0 Å². The lowest BCUT2D eigenvalue weighted by Gasteiger charge is -2.18. The average Bonchev–Trinajstić information content (AvgIpc) is 2.41. The summed E-state index contributed by atoms with van der Waals surface area (Å²) in [6.45, 7) is 6.27. The van der Waals surface area contributed by atoms with Gasteiger partial charge in [0.2, 0.25) is 5.95 Å². The highest BCUT2D eigenvalue weighted by molar-refractivity contribution is 5.48. The number of nitrogens with zero attached hydrogens (tertiary/aromatic N) is 2. The molecule has 1 heterocycles. The fourth-order valence-corrected chi connectivity index (χ4v) is 2.06. The van der Waals surface area contributed by atoms with Crippen molar-refractivity contribution in [1.29, 1.82) is 0 Å². The first-order valence-electron chi connectivity index (χ1n) is 6.45. The highest BCUT2D eigenvalue weighted by Crippen LogP contribution is 2.23. The van der Waals surface area contributed by atoms with Gasteiger partial charge in [0, 0.05) is 18.8 Å². The van der Waals surface area contributed by atoms with Crippen LogP contribution in [0.4, 0.5) is 11.8 Å². The van der Waals surface area contributed by atoms with E-state index in [1.165, 1.54) is 11.1 Å². The maximum atomic E-state index is 4.45. The van der Waals surface area contributed by atoms with Crippen LogP contribution in [0.25, 0.3) is 0 Å². The van der Waals surface area contributed by atoms with E-state index in [0.29, 0.717) is 5.95 Å². The van der Waals surface area contributed by atoms with Gasteiger partial charge in [0.05, 0.1) is 6.04 Å². The van der Waals surface area contributed by atoms with E-state index in [2.05, 4.69) is 58.7 Å². The third-order valence-corrected chi connectivity index (χ3v) is 3.20. The Morgan fingerprint density at radius 1 is 1.11 bits per heavy atom. The molecule has 0 aliphatic heterocycles. The number of aryl methyl sites for hydroxylation is 2. The fraction of sp³-hybridized carbons (Fsp3) is 0.333. The molecule has 1 atom stereocenters. The second-order valence-electron chi connectivity index (χ2n) is 4.70. The van der Waals surface area contributed by atoms with Crippen molar-refractivity contribution in [3.63, 3.8) is 0 Å². The van der Waals surface area contributed by atoms with Gasteiger partial charge in [-0.3, -0.25) is 0 Å². The highest BCUT2D eigenvalue weighted by atomic mass is 15.1. The van der Waals surface area contributed by atoms with E-state index >= 15 is 0 Å². The predicted octanol–water partition coefficient (Wildman–Crippen LogP) is 3.31. The molecule has 1 aromatic heterocycles. The zero-order valence-corrected chi connectivity index (χ0v) is 11.9. The predicted molar refractivity (Wildman–Crippen MR) is 79.5 cm³/mol. The van der Waals surface area contributed by atoms with Crippen molar-refractivity contribution in [1.82, 2.24) is 9.97 Å². The quantitative estimate of drug-likeness (QED) is 0.881. The Kier molecular flexibility index (Phi) is 4.00. The van der Waals surface area contributed by atoms with E-state index in [9.17, 15) is 0 Å². The summed E-state index contributed by atoms with van der Waals surface area (Å²) in [5, 5.41) is 6.41. The molecule has 0 bridgehead atoms. The molecule has 0 aliphatic carbocycles. The SMILES string of the molecule is CNc1ncc(C)c(NC(C)c2ccccc2C)n1. The van der Waals surface area contributed by atoms with Crippen molar-refractivity contribution in [2.45, 2.75) is 26.8 Å². The summed E-state index contributed by atoms with van der Waals surface area (Å²) in [5.74, 6) is 1.50. The molecule has 2 rings (SSSR count). The lowest BCUT2D eigenvalue weighted by Crippen LogP contribution is -2.11. The molecule has 0 fully saturated rings. The lowest BCUT2D eigenvalue weighted by molar-refractivity contribution is 0.859. The Bertz CT molecular complexity index is 566. The number of nitrogens with one attached hydrogen (secondary N) is 2. The van der Waals surface area contributed by atoms with Crippen molar-refractivity contribution < 1.29 is 0 Å². The van der Waals surface area contributed by atoms with Gasteiger partial charge in [-0.1, -0.05) is 24.3 Å². The van der Waals surface area contributed by atoms with Crippen LogP contribution in [0.15, 0.2) is 30.5 Å². The van der Waals surface area contributed by atoms with Gasteiger partial charge >= 0.3 is 0 Å². The molecule has 19 heavy (non-hydrogen) atoms. The van der Waals surface area contributed by atoms with E-state index < -0.39 is 0 Å². The second-order valence-corrected chi connectivity index (χ2v) is 4.70. The molecular formula is C15H20N4. The molecule has 4 heteroatoms. The molecule has 1 unspecified atom stereocenters. The summed E-state index contributed by atoms with van der Waals surface area (Å²) in [4.78, 5) is 8.65. The summed E-state index contributed by atoms with van der Waals surface area (Å²) in [6.07, 6.45) is 1.83. The van der Waals surface area contributed by atoms with Crippen LogP contribution in [-0.2, 0) is 0 Å². The molecule has 2 N–H and O–H groups in total. The smallest absolute Gasteiger partial charge is 0.224 e. The van der Waals surface area contributed by atoms with Gasteiger partial charge in [-0.15, -0.1) is 0 Å². The first-order chi connectivity index (χ1) is 9.11. The maximum Gasteiger partial charge on any atom is 0.224 e. The first kappa shape index (κ1) is 13.3. The summed E-state index contributed by atoms with van der Waals surface area (Å²) in [7, 11) is 1.82. The zero-order valence-electron chi connectivity index (χ0n) is 11.9. The van der Waals surface area contributed by atoms with Crippen molar-refractivity contribution in [3.05, 3.63) is 47.2 Å². The third-order valence-electron chi connectivity index (χ3n) is 3.20. The van der Waals surface area contributed by atoms with E-state index in [1.54, 1.807) is 0 Å². The molecule has 2 aromatic rings. The second kappa shape index (κ2) is 5.69. The number of rotatable bonds is 4. The highest BCUT2D eigenvalue weighted by Gasteiger charge is 2.10. The molecule has 100 valence electrons. The standard InChI is InChI=1S/C15H20N4/c1-10-7-5-6-8-13(10)12(3)18-14-11(2)9-17-15(16-4)19-14/h5-9,12H,1-4H3,(H2,16,17,18,19). The number of benzene rings is 1. The Morgan fingerprint density at radius 2 is 1.84 bits per heavy atom. The lowest BCUT2D eigenvalue weighted by atomic mass is 10.0. The molecular weight excluding hydrogens is 236 g/mol. The van der Waals surface area contributed by atoms with Crippen LogP contribution < -0.4 is 10.6 Å². The average molecular weight is 256 g/mol. The van der Waals surface area contributed by atoms with E-state index in [1.807, 2.05) is 20.2 Å². The monoisotopic (exact) mass is 256 g/mol. The minimum Gasteiger partial charge on any atom is -0.363 e. The van der Waals surface area contributed by atoms with Crippen molar-refractivity contribution in [2.75, 3.05) is 17.7 Å². The summed E-state index contributed by atoms with van der Waals surface area (Å²) in [6, 6.07) is 8.59. The Labute approximate surface area is 114 Å². The zero-order chi connectivity index (χ0) is 13.8. The van der Waals surface area contributed by atoms with Crippen LogP contribution in [0.2, 0.25) is 0 Å². The Hall–Kier alpha value is -2.10. The van der Waals surface area contributed by atoms with Crippen molar-refractivity contribution in [3.8, 4) is 0 Å². The molecule has 0 saturated heterocycles. The minimum absolute atomic E-state index is 0.208. The fourth-order valence-electron chi connectivity index (χ4n) is 2.06. The molecule has 0 radical (unpaired) electrons. The van der Waals surface area contributed by atoms with Crippen LogP contribution in [0, 0.1) is 13.8 Å². The van der Waals surface area contributed by atoms with Crippen molar-refractivity contribution >= 4 is 11.8 Å². The maximum absolute atomic E-state index is 4.45. The topological polar surface area (TPSA) is 49.8 Å². The number of hydrogen-bond donors (Lipinski definition) is 2. The van der Waals surface area contributed by atoms with Gasteiger partial charge in [-0.2, -0.15) is 4.98 Å². The van der Waals surface area contributed by atoms with Crippen LogP contribution in [0.1, 0.15) is 29.7 Å². The van der Waals surface area contributed by atoms with Gasteiger partial charge < -0.3 is 10.6 Å². The van der Waals surface area contributed by atoms with E-state index in [0.717, 1.165) is 11.4 Å². The molecule has 0 aliphatic rings. The van der Waals surface area contributed by atoms with Gasteiger partial charge in [-0.05, 0) is 31.9 Å². The number of aromatic nitrogens is 2. The van der Waals surface area contributed by atoms with E-state index in [-0.39, 0.29) is 6.04 Å². The van der Waals surface area contributed by atoms with Gasteiger partial charge in [0.25, 0.3) is 0 Å². The normalized spacial score (nSPS) is 12.0. The Balaban J connectivity index is 2.24. The van der Waals surface area contributed by atoms with Gasteiger partial charge in [0.1, 0.15) is 5.82 Å². The summed E-state index contributed by atoms with van der Waals surface area (Å²) < 4.78 is 0. The van der Waals surface area contributed by atoms with E-state index in [4.69, 9.17) is 0 Å². The number of anilines is 2. The van der Waals surface area contributed by atoms with Gasteiger partial charge in [-0.25, -0.2) is 4.98 Å². The van der Waals surface area contributed by atoms with Crippen molar-refractivity contribution in [2.24, 2.45) is 0 Å². The molecule has 0 spiro atoms. The third kappa shape index (κ3) is 3.02.